The lowest BCUT2D eigenvalue weighted by Gasteiger charge is -2.17. The van der Waals surface area contributed by atoms with Crippen molar-refractivity contribution >= 4 is 11.7 Å². The van der Waals surface area contributed by atoms with E-state index in [1.807, 2.05) is 31.2 Å². The summed E-state index contributed by atoms with van der Waals surface area (Å²) in [6, 6.07) is 7.17. The van der Waals surface area contributed by atoms with Crippen LogP contribution in [0.5, 0.6) is 5.75 Å². The number of nitrogens with one attached hydrogen (secondary N) is 1. The van der Waals surface area contributed by atoms with Crippen molar-refractivity contribution in [2.24, 2.45) is 0 Å². The number of carbonyl (C=O) groups excluding carboxylic acids is 1. The summed E-state index contributed by atoms with van der Waals surface area (Å²) in [6.07, 6.45) is 1.39. The lowest BCUT2D eigenvalue weighted by Crippen LogP contribution is -2.33. The fourth-order valence-electron chi connectivity index (χ4n) is 2.06. The average molecular weight is 278 g/mol. The highest BCUT2D eigenvalue weighted by atomic mass is 16.5. The molecule has 1 aliphatic heterocycles. The highest BCUT2D eigenvalue weighted by molar-refractivity contribution is 5.89. The standard InChI is InChI=1S/C15H22N2O3/c1-3-11(2)20-14-6-4-12(5-7-14)16-15(19)17-9-8-13(18)10-17/h4-7,11,13,18H,3,8-10H2,1-2H3,(H,16,19)/t11?,13-/m1/s1. The number of hydrogen-bond acceptors (Lipinski definition) is 3. The van der Waals surface area contributed by atoms with Crippen LogP contribution >= 0.6 is 0 Å². The van der Waals surface area contributed by atoms with Gasteiger partial charge in [-0.2, -0.15) is 0 Å². The van der Waals surface area contributed by atoms with E-state index in [9.17, 15) is 9.90 Å². The SMILES string of the molecule is CCC(C)Oc1ccc(NC(=O)N2CC[C@@H](O)C2)cc1. The highest BCUT2D eigenvalue weighted by Crippen LogP contribution is 2.18. The van der Waals surface area contributed by atoms with Gasteiger partial charge in [-0.1, -0.05) is 6.92 Å². The molecule has 2 atom stereocenters. The van der Waals surface area contributed by atoms with Gasteiger partial charge in [0.05, 0.1) is 12.2 Å². The van der Waals surface area contributed by atoms with Crippen LogP contribution in [-0.2, 0) is 0 Å². The van der Waals surface area contributed by atoms with Gasteiger partial charge in [0.2, 0.25) is 0 Å². The van der Waals surface area contributed by atoms with Crippen molar-refractivity contribution in [2.75, 3.05) is 18.4 Å². The molecule has 20 heavy (non-hydrogen) atoms. The molecule has 1 aromatic rings. The third kappa shape index (κ3) is 3.87. The average Bonchev–Trinajstić information content (AvgIpc) is 2.87. The Morgan fingerprint density at radius 3 is 2.75 bits per heavy atom. The van der Waals surface area contributed by atoms with E-state index >= 15 is 0 Å². The van der Waals surface area contributed by atoms with Gasteiger partial charge in [-0.15, -0.1) is 0 Å². The van der Waals surface area contributed by atoms with Gasteiger partial charge < -0.3 is 20.1 Å². The van der Waals surface area contributed by atoms with E-state index in [0.29, 0.717) is 19.5 Å². The first-order valence-corrected chi connectivity index (χ1v) is 7.09. The summed E-state index contributed by atoms with van der Waals surface area (Å²) >= 11 is 0. The Morgan fingerprint density at radius 2 is 2.20 bits per heavy atom. The molecule has 1 unspecified atom stereocenters. The second kappa shape index (κ2) is 6.61. The fraction of sp³-hybridized carbons (Fsp3) is 0.533. The highest BCUT2D eigenvalue weighted by Gasteiger charge is 2.24. The third-order valence-electron chi connectivity index (χ3n) is 3.47. The van der Waals surface area contributed by atoms with Crippen molar-refractivity contribution in [3.63, 3.8) is 0 Å². The van der Waals surface area contributed by atoms with E-state index in [0.717, 1.165) is 17.9 Å². The van der Waals surface area contributed by atoms with Crippen LogP contribution in [0.15, 0.2) is 24.3 Å². The van der Waals surface area contributed by atoms with Gasteiger partial charge in [0.15, 0.2) is 0 Å². The quantitative estimate of drug-likeness (QED) is 0.889. The normalized spacial score (nSPS) is 19.8. The molecule has 1 aromatic carbocycles. The van der Waals surface area contributed by atoms with E-state index in [1.54, 1.807) is 4.90 Å². The molecular weight excluding hydrogens is 256 g/mol. The number of anilines is 1. The van der Waals surface area contributed by atoms with Crippen LogP contribution in [0.25, 0.3) is 0 Å². The van der Waals surface area contributed by atoms with Gasteiger partial charge in [-0.3, -0.25) is 0 Å². The van der Waals surface area contributed by atoms with Gasteiger partial charge in [-0.05, 0) is 44.0 Å². The summed E-state index contributed by atoms with van der Waals surface area (Å²) in [5.41, 5.74) is 0.730. The van der Waals surface area contributed by atoms with Crippen LogP contribution in [0.4, 0.5) is 10.5 Å². The first-order valence-electron chi connectivity index (χ1n) is 7.09. The molecule has 5 nitrogen and oxygen atoms in total. The number of β-amino-alcohol motifs (C(OH)–C–C–N with tert-alkyl or cyclic N) is 1. The minimum absolute atomic E-state index is 0.169. The molecule has 5 heteroatoms. The minimum atomic E-state index is -0.396. The van der Waals surface area contributed by atoms with Gasteiger partial charge in [0.1, 0.15) is 5.75 Å². The molecular formula is C15H22N2O3. The molecule has 0 aromatic heterocycles. The van der Waals surface area contributed by atoms with Crippen LogP contribution < -0.4 is 10.1 Å². The van der Waals surface area contributed by atoms with Crippen LogP contribution in [-0.4, -0.2) is 41.3 Å². The number of ether oxygens (including phenoxy) is 1. The maximum Gasteiger partial charge on any atom is 0.321 e. The van der Waals surface area contributed by atoms with Crippen LogP contribution in [0.1, 0.15) is 26.7 Å². The summed E-state index contributed by atoms with van der Waals surface area (Å²) in [5.74, 6) is 0.800. The molecule has 110 valence electrons. The number of benzene rings is 1. The molecule has 1 aliphatic rings. The number of nitrogens with zero attached hydrogens (tertiary/aromatic N) is 1. The smallest absolute Gasteiger partial charge is 0.321 e. The largest absolute Gasteiger partial charge is 0.491 e. The predicted octanol–water partition coefficient (Wildman–Crippen LogP) is 2.46. The molecule has 0 bridgehead atoms. The summed E-state index contributed by atoms with van der Waals surface area (Å²) in [4.78, 5) is 13.6. The second-order valence-electron chi connectivity index (χ2n) is 5.18. The molecule has 0 saturated carbocycles. The summed E-state index contributed by atoms with van der Waals surface area (Å²) in [7, 11) is 0. The van der Waals surface area contributed by atoms with Crippen LogP contribution in [0.3, 0.4) is 0 Å². The van der Waals surface area contributed by atoms with Gasteiger partial charge in [0.25, 0.3) is 0 Å². The zero-order chi connectivity index (χ0) is 14.5. The lowest BCUT2D eigenvalue weighted by atomic mass is 10.3. The van der Waals surface area contributed by atoms with Crippen molar-refractivity contribution in [1.29, 1.82) is 0 Å². The topological polar surface area (TPSA) is 61.8 Å². The Morgan fingerprint density at radius 1 is 1.50 bits per heavy atom. The molecule has 0 radical (unpaired) electrons. The molecule has 1 fully saturated rings. The number of urea groups is 1. The Kier molecular flexibility index (Phi) is 4.84. The van der Waals surface area contributed by atoms with Gasteiger partial charge in [-0.25, -0.2) is 4.79 Å². The summed E-state index contributed by atoms with van der Waals surface area (Å²) in [5, 5.41) is 12.2. The Balaban J connectivity index is 1.88. The number of likely N-dealkylation sites (tertiary alicyclic amines) is 1. The zero-order valence-electron chi connectivity index (χ0n) is 12.0. The molecule has 2 rings (SSSR count). The molecule has 1 saturated heterocycles. The minimum Gasteiger partial charge on any atom is -0.491 e. The number of rotatable bonds is 4. The number of amides is 2. The fourth-order valence-corrected chi connectivity index (χ4v) is 2.06. The Labute approximate surface area is 119 Å². The molecule has 1 heterocycles. The number of aliphatic hydroxyl groups excluding tert-OH is 1. The number of carbonyl (C=O) groups is 1. The third-order valence-corrected chi connectivity index (χ3v) is 3.47. The summed E-state index contributed by atoms with van der Waals surface area (Å²) in [6.45, 7) is 5.10. The van der Waals surface area contributed by atoms with Gasteiger partial charge in [0, 0.05) is 18.8 Å². The van der Waals surface area contributed by atoms with E-state index in [2.05, 4.69) is 12.2 Å². The Hall–Kier alpha value is -1.75. The second-order valence-corrected chi connectivity index (χ2v) is 5.18. The van der Waals surface area contributed by atoms with Crippen molar-refractivity contribution in [3.8, 4) is 5.75 Å². The maximum absolute atomic E-state index is 11.9. The zero-order valence-corrected chi connectivity index (χ0v) is 12.0. The maximum atomic E-state index is 11.9. The lowest BCUT2D eigenvalue weighted by molar-refractivity contribution is 0.176. The predicted molar refractivity (Wildman–Crippen MR) is 78.0 cm³/mol. The van der Waals surface area contributed by atoms with E-state index in [4.69, 9.17) is 4.74 Å². The molecule has 2 N–H and O–H groups in total. The van der Waals surface area contributed by atoms with E-state index in [-0.39, 0.29) is 12.1 Å². The molecule has 0 aliphatic carbocycles. The van der Waals surface area contributed by atoms with Crippen LogP contribution in [0.2, 0.25) is 0 Å². The van der Waals surface area contributed by atoms with Crippen molar-refractivity contribution in [1.82, 2.24) is 4.90 Å². The molecule has 2 amide bonds. The first kappa shape index (κ1) is 14.7. The van der Waals surface area contributed by atoms with E-state index in [1.165, 1.54) is 0 Å². The number of aliphatic hydroxyl groups is 1. The monoisotopic (exact) mass is 278 g/mol. The van der Waals surface area contributed by atoms with Crippen molar-refractivity contribution in [3.05, 3.63) is 24.3 Å². The Bertz CT molecular complexity index is 447. The van der Waals surface area contributed by atoms with Crippen LogP contribution in [0, 0.1) is 0 Å². The first-order chi connectivity index (χ1) is 9.58. The van der Waals surface area contributed by atoms with Crippen molar-refractivity contribution < 1.29 is 14.6 Å². The number of hydrogen-bond donors (Lipinski definition) is 2. The van der Waals surface area contributed by atoms with Gasteiger partial charge >= 0.3 is 6.03 Å². The van der Waals surface area contributed by atoms with E-state index < -0.39 is 6.10 Å². The summed E-state index contributed by atoms with van der Waals surface area (Å²) < 4.78 is 5.68. The molecule has 0 spiro atoms. The van der Waals surface area contributed by atoms with Crippen molar-refractivity contribution in [2.45, 2.75) is 38.9 Å².